The van der Waals surface area contributed by atoms with Gasteiger partial charge in [0.2, 0.25) is 0 Å². The molecule has 1 fully saturated rings. The molecule has 1 atom stereocenters. The van der Waals surface area contributed by atoms with Gasteiger partial charge in [-0.1, -0.05) is 25.1 Å². The van der Waals surface area contributed by atoms with Gasteiger partial charge < -0.3 is 10.0 Å². The lowest BCUT2D eigenvalue weighted by Gasteiger charge is -2.37. The molecule has 4 nitrogen and oxygen atoms in total. The second-order valence-electron chi connectivity index (χ2n) is 4.46. The molecule has 2 rings (SSSR count). The number of hydrogen-bond donors (Lipinski definition) is 1. The van der Waals surface area contributed by atoms with E-state index in [2.05, 4.69) is 0 Å². The van der Waals surface area contributed by atoms with Crippen LogP contribution >= 0.6 is 11.8 Å². The third kappa shape index (κ3) is 3.07. The molecule has 0 spiro atoms. The molecule has 1 saturated heterocycles. The molecule has 0 aromatic heterocycles. The Bertz CT molecular complexity index is 530. The molecule has 1 unspecified atom stereocenters. The van der Waals surface area contributed by atoms with Crippen molar-refractivity contribution >= 4 is 27.3 Å². The topological polar surface area (TPSA) is 57.6 Å². The van der Waals surface area contributed by atoms with Gasteiger partial charge in [0.25, 0.3) is 0 Å². The first-order chi connectivity index (χ1) is 9.10. The van der Waals surface area contributed by atoms with Gasteiger partial charge in [-0.05, 0) is 6.07 Å². The minimum Gasteiger partial charge on any atom is -0.392 e. The van der Waals surface area contributed by atoms with Crippen LogP contribution in [0.5, 0.6) is 0 Å². The predicted molar refractivity (Wildman–Crippen MR) is 80.3 cm³/mol. The number of anilines is 1. The summed E-state index contributed by atoms with van der Waals surface area (Å²) >= 11 is 1.67. The highest BCUT2D eigenvalue weighted by molar-refractivity contribution is 8.01. The van der Waals surface area contributed by atoms with Gasteiger partial charge in [0.05, 0.1) is 6.61 Å². The second-order valence-corrected chi connectivity index (χ2v) is 8.06. The van der Waals surface area contributed by atoms with Crippen LogP contribution in [0, 0.1) is 0 Å². The summed E-state index contributed by atoms with van der Waals surface area (Å²) in [7, 11) is -3.12. The number of aliphatic hydroxyl groups is 1. The van der Waals surface area contributed by atoms with E-state index < -0.39 is 15.2 Å². The highest BCUT2D eigenvalue weighted by Crippen LogP contribution is 2.29. The number of benzene rings is 1. The zero-order valence-corrected chi connectivity index (χ0v) is 12.6. The summed E-state index contributed by atoms with van der Waals surface area (Å²) in [6, 6.07) is 7.47. The van der Waals surface area contributed by atoms with Crippen molar-refractivity contribution in [2.24, 2.45) is 0 Å². The van der Waals surface area contributed by atoms with Gasteiger partial charge in [-0.15, -0.1) is 0 Å². The predicted octanol–water partition coefficient (Wildman–Crippen LogP) is 1.49. The molecule has 0 saturated carbocycles. The van der Waals surface area contributed by atoms with Gasteiger partial charge in [0, 0.05) is 35.1 Å². The molecule has 0 amide bonds. The first-order valence-corrected chi connectivity index (χ1v) is 9.22. The lowest BCUT2D eigenvalue weighted by atomic mass is 10.1. The Morgan fingerprint density at radius 3 is 2.84 bits per heavy atom. The zero-order chi connectivity index (χ0) is 13.9. The molecule has 0 aliphatic carbocycles. The lowest BCUT2D eigenvalue weighted by molar-refractivity contribution is 0.282. The third-order valence-electron chi connectivity index (χ3n) is 3.37. The Hall–Kier alpha value is -0.720. The van der Waals surface area contributed by atoms with Crippen LogP contribution < -0.4 is 4.90 Å². The summed E-state index contributed by atoms with van der Waals surface area (Å²) in [6.45, 7) is 2.31. The Labute approximate surface area is 118 Å². The summed E-state index contributed by atoms with van der Waals surface area (Å²) in [5.74, 6) is 1.65. The van der Waals surface area contributed by atoms with Crippen molar-refractivity contribution < 1.29 is 13.5 Å². The number of para-hydroxylation sites is 1. The largest absolute Gasteiger partial charge is 0.392 e. The molecule has 1 aliphatic heterocycles. The van der Waals surface area contributed by atoms with Gasteiger partial charge in [0.15, 0.2) is 9.84 Å². The maximum Gasteiger partial charge on any atom is 0.171 e. The molecular weight excluding hydrogens is 282 g/mol. The first kappa shape index (κ1) is 14.7. The number of hydrogen-bond acceptors (Lipinski definition) is 5. The highest BCUT2D eigenvalue weighted by Gasteiger charge is 2.33. The van der Waals surface area contributed by atoms with Crippen LogP contribution in [0.25, 0.3) is 0 Å². The van der Waals surface area contributed by atoms with E-state index in [1.807, 2.05) is 29.2 Å². The number of rotatable bonds is 4. The van der Waals surface area contributed by atoms with Crippen molar-refractivity contribution in [2.75, 3.05) is 28.7 Å². The van der Waals surface area contributed by atoms with Crippen molar-refractivity contribution in [3.8, 4) is 0 Å². The lowest BCUT2D eigenvalue weighted by Crippen LogP contribution is -2.48. The van der Waals surface area contributed by atoms with Gasteiger partial charge in [-0.25, -0.2) is 8.42 Å². The molecule has 1 aliphatic rings. The summed E-state index contributed by atoms with van der Waals surface area (Å²) in [4.78, 5) is 1.93. The number of thioether (sulfide) groups is 1. The quantitative estimate of drug-likeness (QED) is 0.913. The fourth-order valence-corrected chi connectivity index (χ4v) is 5.25. The SMILES string of the molecule is CCS(=O)(=O)C1CSCCN1c1ccccc1CO. The van der Waals surface area contributed by atoms with Crippen molar-refractivity contribution in [3.63, 3.8) is 0 Å². The smallest absolute Gasteiger partial charge is 0.171 e. The molecule has 1 heterocycles. The average molecular weight is 301 g/mol. The average Bonchev–Trinajstić information content (AvgIpc) is 2.47. The van der Waals surface area contributed by atoms with E-state index in [1.165, 1.54) is 0 Å². The fraction of sp³-hybridized carbons (Fsp3) is 0.538. The van der Waals surface area contributed by atoms with Crippen molar-refractivity contribution in [1.82, 2.24) is 0 Å². The number of sulfone groups is 1. The summed E-state index contributed by atoms with van der Waals surface area (Å²) in [5.41, 5.74) is 1.62. The van der Waals surface area contributed by atoms with E-state index in [-0.39, 0.29) is 12.4 Å². The molecule has 106 valence electrons. The Morgan fingerprint density at radius 1 is 1.42 bits per heavy atom. The highest BCUT2D eigenvalue weighted by atomic mass is 32.2. The van der Waals surface area contributed by atoms with Crippen molar-refractivity contribution in [2.45, 2.75) is 18.9 Å². The number of aliphatic hydroxyl groups excluding tert-OH is 1. The second kappa shape index (κ2) is 6.15. The maximum absolute atomic E-state index is 12.2. The van der Waals surface area contributed by atoms with Gasteiger partial charge in [-0.2, -0.15) is 11.8 Å². The Balaban J connectivity index is 2.40. The third-order valence-corrected chi connectivity index (χ3v) is 6.66. The van der Waals surface area contributed by atoms with Crippen molar-refractivity contribution in [3.05, 3.63) is 29.8 Å². The molecule has 1 aromatic rings. The van der Waals surface area contributed by atoms with Crippen LogP contribution in [-0.2, 0) is 16.4 Å². The summed E-state index contributed by atoms with van der Waals surface area (Å²) < 4.78 is 24.4. The standard InChI is InChI=1S/C13H19NO3S2/c1-2-19(16,17)13-10-18-8-7-14(13)12-6-4-3-5-11(12)9-15/h3-6,13,15H,2,7-10H2,1H3. The van der Waals surface area contributed by atoms with E-state index in [9.17, 15) is 13.5 Å². The van der Waals surface area contributed by atoms with Crippen LogP contribution in [-0.4, -0.2) is 42.7 Å². The van der Waals surface area contributed by atoms with E-state index in [1.54, 1.807) is 18.7 Å². The Kier molecular flexibility index (Phi) is 4.76. The van der Waals surface area contributed by atoms with Crippen LogP contribution in [0.2, 0.25) is 0 Å². The fourth-order valence-electron chi connectivity index (χ4n) is 2.27. The molecular formula is C13H19NO3S2. The van der Waals surface area contributed by atoms with Crippen LogP contribution in [0.4, 0.5) is 5.69 Å². The minimum absolute atomic E-state index is 0.0707. The first-order valence-electron chi connectivity index (χ1n) is 6.35. The summed E-state index contributed by atoms with van der Waals surface area (Å²) in [6.07, 6.45) is 0. The van der Waals surface area contributed by atoms with Crippen LogP contribution in [0.3, 0.4) is 0 Å². The molecule has 1 N–H and O–H groups in total. The maximum atomic E-state index is 12.2. The van der Waals surface area contributed by atoms with Gasteiger partial charge >= 0.3 is 0 Å². The van der Waals surface area contributed by atoms with Crippen molar-refractivity contribution in [1.29, 1.82) is 0 Å². The normalized spacial score (nSPS) is 20.5. The molecule has 0 bridgehead atoms. The summed E-state index contributed by atoms with van der Waals surface area (Å²) in [5, 5.41) is 8.93. The number of nitrogens with zero attached hydrogens (tertiary/aromatic N) is 1. The van der Waals surface area contributed by atoms with Crippen LogP contribution in [0.1, 0.15) is 12.5 Å². The molecule has 1 aromatic carbocycles. The van der Waals surface area contributed by atoms with E-state index >= 15 is 0 Å². The monoisotopic (exact) mass is 301 g/mol. The van der Waals surface area contributed by atoms with Gasteiger partial charge in [0.1, 0.15) is 5.37 Å². The van der Waals surface area contributed by atoms with E-state index in [0.29, 0.717) is 12.3 Å². The molecule has 0 radical (unpaired) electrons. The van der Waals surface area contributed by atoms with E-state index in [0.717, 1.165) is 17.0 Å². The Morgan fingerprint density at radius 2 is 2.16 bits per heavy atom. The van der Waals surface area contributed by atoms with Gasteiger partial charge in [-0.3, -0.25) is 0 Å². The zero-order valence-electron chi connectivity index (χ0n) is 10.9. The van der Waals surface area contributed by atoms with Crippen LogP contribution in [0.15, 0.2) is 24.3 Å². The van der Waals surface area contributed by atoms with E-state index in [4.69, 9.17) is 0 Å². The molecule has 19 heavy (non-hydrogen) atoms. The molecule has 6 heteroatoms. The minimum atomic E-state index is -3.12.